The van der Waals surface area contributed by atoms with Crippen molar-refractivity contribution in [1.82, 2.24) is 9.97 Å². The lowest BCUT2D eigenvalue weighted by atomic mass is 10.2. The van der Waals surface area contributed by atoms with Crippen LogP contribution in [0.25, 0.3) is 0 Å². The number of allylic oxidation sites excluding steroid dienone is 1. The molecule has 0 saturated heterocycles. The second-order valence-electron chi connectivity index (χ2n) is 3.04. The van der Waals surface area contributed by atoms with Gasteiger partial charge in [-0.05, 0) is 18.9 Å². The van der Waals surface area contributed by atoms with Crippen LogP contribution in [0.2, 0.25) is 0 Å². The van der Waals surface area contributed by atoms with Gasteiger partial charge in [0.2, 0.25) is 0 Å². The number of unbranched alkanes of at least 4 members (excludes halogenated alkanes) is 1. The highest BCUT2D eigenvalue weighted by molar-refractivity contribution is 5.06. The van der Waals surface area contributed by atoms with Gasteiger partial charge in [-0.1, -0.05) is 6.08 Å². The Labute approximate surface area is 85.9 Å². The molecule has 0 aromatic carbocycles. The Morgan fingerprint density at radius 3 is 2.73 bits per heavy atom. The molecule has 82 valence electrons. The molecule has 0 spiro atoms. The van der Waals surface area contributed by atoms with E-state index in [0.717, 1.165) is 18.7 Å². The number of hydrogen-bond donors (Lipinski definition) is 0. The van der Waals surface area contributed by atoms with E-state index in [-0.39, 0.29) is 5.82 Å². The standard InChI is InChI=1S/C10H11F3N2/c1-2-3-4-5-9-14-7-6-8(15-9)10(11,12)13/h2,6-7H,1,3-5H2. The van der Waals surface area contributed by atoms with Crippen molar-refractivity contribution in [2.45, 2.75) is 25.4 Å². The fourth-order valence-electron chi connectivity index (χ4n) is 1.08. The molecule has 1 aromatic heterocycles. The smallest absolute Gasteiger partial charge is 0.241 e. The number of nitrogens with zero attached hydrogens (tertiary/aromatic N) is 2. The molecular formula is C10H11F3N2. The van der Waals surface area contributed by atoms with Gasteiger partial charge in [0.05, 0.1) is 0 Å². The van der Waals surface area contributed by atoms with Gasteiger partial charge in [-0.2, -0.15) is 13.2 Å². The minimum atomic E-state index is -4.39. The molecule has 0 N–H and O–H groups in total. The first-order chi connectivity index (χ1) is 7.04. The van der Waals surface area contributed by atoms with Gasteiger partial charge in [-0.15, -0.1) is 6.58 Å². The number of rotatable bonds is 4. The number of aryl methyl sites for hydroxylation is 1. The summed E-state index contributed by atoms with van der Waals surface area (Å²) in [5.74, 6) is 0.228. The molecule has 0 aliphatic heterocycles. The van der Waals surface area contributed by atoms with Crippen LogP contribution >= 0.6 is 0 Å². The van der Waals surface area contributed by atoms with Crippen molar-refractivity contribution < 1.29 is 13.2 Å². The fraction of sp³-hybridized carbons (Fsp3) is 0.400. The van der Waals surface area contributed by atoms with Crippen molar-refractivity contribution in [3.63, 3.8) is 0 Å². The summed E-state index contributed by atoms with van der Waals surface area (Å²) in [6, 6.07) is 0.872. The number of hydrogen-bond acceptors (Lipinski definition) is 2. The zero-order valence-electron chi connectivity index (χ0n) is 8.09. The summed E-state index contributed by atoms with van der Waals surface area (Å²) in [5, 5.41) is 0. The molecule has 0 aliphatic carbocycles. The lowest BCUT2D eigenvalue weighted by molar-refractivity contribution is -0.141. The van der Waals surface area contributed by atoms with E-state index in [9.17, 15) is 13.2 Å². The average molecular weight is 216 g/mol. The van der Waals surface area contributed by atoms with Crippen LogP contribution in [0.5, 0.6) is 0 Å². The predicted octanol–water partition coefficient (Wildman–Crippen LogP) is 3.00. The molecule has 2 nitrogen and oxygen atoms in total. The van der Waals surface area contributed by atoms with Crippen LogP contribution in [0.4, 0.5) is 13.2 Å². The van der Waals surface area contributed by atoms with Crippen LogP contribution in [0.1, 0.15) is 24.4 Å². The zero-order valence-corrected chi connectivity index (χ0v) is 8.09. The van der Waals surface area contributed by atoms with Crippen molar-refractivity contribution in [3.8, 4) is 0 Å². The van der Waals surface area contributed by atoms with Crippen molar-refractivity contribution in [1.29, 1.82) is 0 Å². The van der Waals surface area contributed by atoms with Crippen molar-refractivity contribution in [3.05, 3.63) is 36.4 Å². The first kappa shape index (κ1) is 11.7. The molecule has 0 radical (unpaired) electrons. The molecule has 0 atom stereocenters. The Hall–Kier alpha value is -1.39. The summed E-state index contributed by atoms with van der Waals surface area (Å²) >= 11 is 0. The zero-order chi connectivity index (χ0) is 11.3. The van der Waals surface area contributed by atoms with Crippen LogP contribution < -0.4 is 0 Å². The Morgan fingerprint density at radius 2 is 2.13 bits per heavy atom. The van der Waals surface area contributed by atoms with E-state index in [0.29, 0.717) is 12.8 Å². The second-order valence-corrected chi connectivity index (χ2v) is 3.04. The summed E-state index contributed by atoms with van der Waals surface area (Å²) in [5.41, 5.74) is -0.883. The third-order valence-corrected chi connectivity index (χ3v) is 1.80. The quantitative estimate of drug-likeness (QED) is 0.571. The lowest BCUT2D eigenvalue weighted by Crippen LogP contribution is -2.10. The molecule has 15 heavy (non-hydrogen) atoms. The fourth-order valence-corrected chi connectivity index (χ4v) is 1.08. The number of halogens is 3. The molecule has 5 heteroatoms. The third kappa shape index (κ3) is 3.69. The van der Waals surface area contributed by atoms with Gasteiger partial charge in [0.25, 0.3) is 0 Å². The highest BCUT2D eigenvalue weighted by Gasteiger charge is 2.32. The summed E-state index contributed by atoms with van der Waals surface area (Å²) in [6.45, 7) is 3.53. The first-order valence-electron chi connectivity index (χ1n) is 4.54. The molecular weight excluding hydrogens is 205 g/mol. The molecule has 0 saturated carbocycles. The Morgan fingerprint density at radius 1 is 1.40 bits per heavy atom. The van der Waals surface area contributed by atoms with Gasteiger partial charge in [0, 0.05) is 12.6 Å². The highest BCUT2D eigenvalue weighted by atomic mass is 19.4. The molecule has 1 heterocycles. The van der Waals surface area contributed by atoms with E-state index < -0.39 is 11.9 Å². The Bertz CT molecular complexity index is 334. The summed E-state index contributed by atoms with van der Waals surface area (Å²) in [4.78, 5) is 7.22. The third-order valence-electron chi connectivity index (χ3n) is 1.80. The van der Waals surface area contributed by atoms with Crippen LogP contribution in [0.3, 0.4) is 0 Å². The van der Waals surface area contributed by atoms with Gasteiger partial charge >= 0.3 is 6.18 Å². The molecule has 0 fully saturated rings. The van der Waals surface area contributed by atoms with Crippen molar-refractivity contribution in [2.75, 3.05) is 0 Å². The van der Waals surface area contributed by atoms with E-state index in [2.05, 4.69) is 16.5 Å². The number of aromatic nitrogens is 2. The number of alkyl halides is 3. The lowest BCUT2D eigenvalue weighted by Gasteiger charge is -2.06. The second kappa shape index (κ2) is 4.91. The molecule has 1 aromatic rings. The van der Waals surface area contributed by atoms with Crippen LogP contribution in [-0.2, 0) is 12.6 Å². The van der Waals surface area contributed by atoms with Gasteiger partial charge in [0.15, 0.2) is 0 Å². The minimum absolute atomic E-state index is 0.228. The van der Waals surface area contributed by atoms with E-state index >= 15 is 0 Å². The maximum absolute atomic E-state index is 12.2. The maximum atomic E-state index is 12.2. The van der Waals surface area contributed by atoms with Crippen LogP contribution in [0, 0.1) is 0 Å². The first-order valence-corrected chi connectivity index (χ1v) is 4.54. The summed E-state index contributed by atoms with van der Waals surface area (Å²) < 4.78 is 36.7. The maximum Gasteiger partial charge on any atom is 0.433 e. The van der Waals surface area contributed by atoms with Crippen LogP contribution in [-0.4, -0.2) is 9.97 Å². The summed E-state index contributed by atoms with van der Waals surface area (Å²) in [7, 11) is 0. The normalized spacial score (nSPS) is 11.4. The molecule has 0 bridgehead atoms. The van der Waals surface area contributed by atoms with Crippen molar-refractivity contribution >= 4 is 0 Å². The summed E-state index contributed by atoms with van der Waals surface area (Å²) in [6.07, 6.45) is 0.364. The van der Waals surface area contributed by atoms with Gasteiger partial charge in [-0.3, -0.25) is 0 Å². The van der Waals surface area contributed by atoms with E-state index in [4.69, 9.17) is 0 Å². The SMILES string of the molecule is C=CCCCc1nccc(C(F)(F)F)n1. The van der Waals surface area contributed by atoms with E-state index in [1.165, 1.54) is 0 Å². The molecule has 0 unspecified atom stereocenters. The average Bonchev–Trinajstić information content (AvgIpc) is 2.17. The van der Waals surface area contributed by atoms with Crippen molar-refractivity contribution in [2.24, 2.45) is 0 Å². The van der Waals surface area contributed by atoms with Gasteiger partial charge in [-0.25, -0.2) is 9.97 Å². The molecule has 0 aliphatic rings. The Balaban J connectivity index is 2.70. The highest BCUT2D eigenvalue weighted by Crippen LogP contribution is 2.26. The predicted molar refractivity (Wildman–Crippen MR) is 50.2 cm³/mol. The topological polar surface area (TPSA) is 25.8 Å². The molecule has 1 rings (SSSR count). The largest absolute Gasteiger partial charge is 0.433 e. The van der Waals surface area contributed by atoms with E-state index in [1.54, 1.807) is 6.08 Å². The van der Waals surface area contributed by atoms with Gasteiger partial charge in [0.1, 0.15) is 11.5 Å². The van der Waals surface area contributed by atoms with Gasteiger partial charge < -0.3 is 0 Å². The Kier molecular flexibility index (Phi) is 3.82. The van der Waals surface area contributed by atoms with E-state index in [1.807, 2.05) is 0 Å². The molecule has 0 amide bonds. The monoisotopic (exact) mass is 216 g/mol. The van der Waals surface area contributed by atoms with Crippen LogP contribution in [0.15, 0.2) is 24.9 Å². The minimum Gasteiger partial charge on any atom is -0.241 e.